The van der Waals surface area contributed by atoms with Crippen molar-refractivity contribution in [1.82, 2.24) is 0 Å². The largest absolute Gasteiger partial charge is 0.497 e. The monoisotopic (exact) mass is 322 g/mol. The third-order valence-corrected chi connectivity index (χ3v) is 3.69. The summed E-state index contributed by atoms with van der Waals surface area (Å²) < 4.78 is 16.5. The Morgan fingerprint density at radius 3 is 1.92 bits per heavy atom. The number of hydrogen-bond donors (Lipinski definition) is 0. The first kappa shape index (κ1) is 15.9. The Bertz CT molecular complexity index is 890. The van der Waals surface area contributed by atoms with Gasteiger partial charge in [0.05, 0.1) is 12.7 Å². The molecule has 2 aromatic carbocycles. The van der Waals surface area contributed by atoms with E-state index in [0.29, 0.717) is 22.8 Å². The zero-order valence-electron chi connectivity index (χ0n) is 13.8. The molecule has 0 saturated heterocycles. The van der Waals surface area contributed by atoms with Gasteiger partial charge >= 0.3 is 0 Å². The Kier molecular flexibility index (Phi) is 4.38. The highest BCUT2D eigenvalue weighted by molar-refractivity contribution is 5.65. The first-order chi connectivity index (χ1) is 11.6. The second kappa shape index (κ2) is 6.62. The van der Waals surface area contributed by atoms with Gasteiger partial charge in [0.1, 0.15) is 28.8 Å². The van der Waals surface area contributed by atoms with E-state index in [4.69, 9.17) is 13.9 Å². The van der Waals surface area contributed by atoms with Crippen LogP contribution in [0.25, 0.3) is 11.1 Å². The molecule has 0 N–H and O–H groups in total. The smallest absolute Gasteiger partial charge is 0.193 e. The molecule has 3 rings (SSSR count). The highest BCUT2D eigenvalue weighted by atomic mass is 16.5. The van der Waals surface area contributed by atoms with Gasteiger partial charge in [-0.15, -0.1) is 0 Å². The topological polar surface area (TPSA) is 48.7 Å². The minimum Gasteiger partial charge on any atom is -0.497 e. The molecule has 4 heteroatoms. The molecule has 0 amide bonds. The molecule has 0 aliphatic heterocycles. The van der Waals surface area contributed by atoms with Crippen molar-refractivity contribution in [2.24, 2.45) is 0 Å². The Morgan fingerprint density at radius 2 is 1.38 bits per heavy atom. The summed E-state index contributed by atoms with van der Waals surface area (Å²) in [5.74, 6) is 3.41. The highest BCUT2D eigenvalue weighted by Gasteiger charge is 2.10. The molecule has 4 nitrogen and oxygen atoms in total. The van der Waals surface area contributed by atoms with E-state index in [9.17, 15) is 4.79 Å². The first-order valence-corrected chi connectivity index (χ1v) is 7.60. The van der Waals surface area contributed by atoms with E-state index in [0.717, 1.165) is 17.1 Å². The van der Waals surface area contributed by atoms with E-state index >= 15 is 0 Å². The normalized spacial score (nSPS) is 10.5. The lowest BCUT2D eigenvalue weighted by molar-refractivity contribution is 0.413. The predicted molar refractivity (Wildman–Crippen MR) is 93.0 cm³/mol. The van der Waals surface area contributed by atoms with Gasteiger partial charge in [-0.3, -0.25) is 4.79 Å². The second-order valence-electron chi connectivity index (χ2n) is 5.45. The fourth-order valence-corrected chi connectivity index (χ4v) is 2.57. The number of aryl methyl sites for hydroxylation is 2. The summed E-state index contributed by atoms with van der Waals surface area (Å²) in [6.07, 6.45) is 0. The van der Waals surface area contributed by atoms with Crippen LogP contribution in [0.5, 0.6) is 17.2 Å². The maximum atomic E-state index is 12.2. The molecule has 0 unspecified atom stereocenters. The van der Waals surface area contributed by atoms with Crippen molar-refractivity contribution in [2.75, 3.05) is 7.11 Å². The highest BCUT2D eigenvalue weighted by Crippen LogP contribution is 2.27. The van der Waals surface area contributed by atoms with Gasteiger partial charge in [0.25, 0.3) is 0 Å². The maximum absolute atomic E-state index is 12.2. The van der Waals surface area contributed by atoms with E-state index in [2.05, 4.69) is 0 Å². The van der Waals surface area contributed by atoms with Gasteiger partial charge in [-0.05, 0) is 55.8 Å². The van der Waals surface area contributed by atoms with Crippen LogP contribution in [-0.2, 0) is 0 Å². The average Bonchev–Trinajstić information content (AvgIpc) is 2.56. The quantitative estimate of drug-likeness (QED) is 0.697. The Morgan fingerprint density at radius 1 is 0.833 bits per heavy atom. The number of rotatable bonds is 4. The van der Waals surface area contributed by atoms with Crippen molar-refractivity contribution >= 4 is 0 Å². The van der Waals surface area contributed by atoms with Crippen LogP contribution >= 0.6 is 0 Å². The van der Waals surface area contributed by atoms with Gasteiger partial charge in [0, 0.05) is 6.07 Å². The minimum atomic E-state index is -0.0416. The zero-order valence-corrected chi connectivity index (χ0v) is 13.8. The molecule has 0 aliphatic carbocycles. The average molecular weight is 322 g/mol. The zero-order chi connectivity index (χ0) is 17.1. The third kappa shape index (κ3) is 3.33. The first-order valence-electron chi connectivity index (χ1n) is 7.60. The molecule has 0 aliphatic rings. The van der Waals surface area contributed by atoms with Crippen LogP contribution in [0, 0.1) is 13.8 Å². The SMILES string of the molecule is COc1ccc(Oc2ccc(-c3c(C)oc(C)cc3=O)cc2)cc1. The van der Waals surface area contributed by atoms with Gasteiger partial charge in [0.2, 0.25) is 0 Å². The Labute approximate surface area is 140 Å². The van der Waals surface area contributed by atoms with E-state index in [1.807, 2.05) is 48.5 Å². The van der Waals surface area contributed by atoms with Crippen LogP contribution in [0.1, 0.15) is 11.5 Å². The van der Waals surface area contributed by atoms with Crippen LogP contribution < -0.4 is 14.9 Å². The molecule has 0 bridgehead atoms. The molecular weight excluding hydrogens is 304 g/mol. The summed E-state index contributed by atoms with van der Waals surface area (Å²) >= 11 is 0. The molecule has 122 valence electrons. The molecule has 1 aromatic heterocycles. The van der Waals surface area contributed by atoms with Gasteiger partial charge in [-0.1, -0.05) is 12.1 Å². The van der Waals surface area contributed by atoms with Crippen molar-refractivity contribution in [1.29, 1.82) is 0 Å². The van der Waals surface area contributed by atoms with Gasteiger partial charge in [-0.2, -0.15) is 0 Å². The second-order valence-corrected chi connectivity index (χ2v) is 5.45. The van der Waals surface area contributed by atoms with Crippen molar-refractivity contribution < 1.29 is 13.9 Å². The summed E-state index contributed by atoms with van der Waals surface area (Å²) in [6, 6.07) is 16.2. The van der Waals surface area contributed by atoms with E-state index < -0.39 is 0 Å². The molecule has 0 radical (unpaired) electrons. The van der Waals surface area contributed by atoms with E-state index in [1.54, 1.807) is 21.0 Å². The molecule has 0 fully saturated rings. The van der Waals surface area contributed by atoms with Crippen LogP contribution in [0.4, 0.5) is 0 Å². The van der Waals surface area contributed by atoms with Crippen molar-refractivity contribution in [3.05, 3.63) is 76.3 Å². The summed E-state index contributed by atoms with van der Waals surface area (Å²) in [5.41, 5.74) is 1.35. The number of methoxy groups -OCH3 is 1. The number of hydrogen-bond acceptors (Lipinski definition) is 4. The summed E-state index contributed by atoms with van der Waals surface area (Å²) in [4.78, 5) is 12.2. The molecule has 3 aromatic rings. The molecule has 24 heavy (non-hydrogen) atoms. The van der Waals surface area contributed by atoms with Crippen LogP contribution in [0.2, 0.25) is 0 Å². The Balaban J connectivity index is 1.84. The third-order valence-electron chi connectivity index (χ3n) is 3.69. The minimum absolute atomic E-state index is 0.0416. The Hall–Kier alpha value is -3.01. The predicted octanol–water partition coefficient (Wildman–Crippen LogP) is 4.72. The van der Waals surface area contributed by atoms with Gasteiger partial charge < -0.3 is 13.9 Å². The lowest BCUT2D eigenvalue weighted by Gasteiger charge is -2.09. The summed E-state index contributed by atoms with van der Waals surface area (Å²) in [6.45, 7) is 3.56. The van der Waals surface area contributed by atoms with E-state index in [1.165, 1.54) is 6.07 Å². The molecule has 1 heterocycles. The van der Waals surface area contributed by atoms with E-state index in [-0.39, 0.29) is 5.43 Å². The summed E-state index contributed by atoms with van der Waals surface area (Å²) in [5, 5.41) is 0. The van der Waals surface area contributed by atoms with Crippen LogP contribution in [-0.4, -0.2) is 7.11 Å². The molecular formula is C20H18O4. The maximum Gasteiger partial charge on any atom is 0.193 e. The molecule has 0 spiro atoms. The lowest BCUT2D eigenvalue weighted by atomic mass is 10.0. The van der Waals surface area contributed by atoms with Crippen molar-refractivity contribution in [2.45, 2.75) is 13.8 Å². The van der Waals surface area contributed by atoms with Crippen LogP contribution in [0.3, 0.4) is 0 Å². The van der Waals surface area contributed by atoms with Crippen molar-refractivity contribution in [3.8, 4) is 28.4 Å². The molecule has 0 saturated carbocycles. The fraction of sp³-hybridized carbons (Fsp3) is 0.150. The standard InChI is InChI=1S/C20H18O4/c1-13-12-19(21)20(14(2)23-13)15-4-6-17(7-5-15)24-18-10-8-16(22-3)9-11-18/h4-12H,1-3H3. The molecule has 0 atom stereocenters. The summed E-state index contributed by atoms with van der Waals surface area (Å²) in [7, 11) is 1.62. The van der Waals surface area contributed by atoms with Crippen LogP contribution in [0.15, 0.2) is 63.8 Å². The fourth-order valence-electron chi connectivity index (χ4n) is 2.57. The number of benzene rings is 2. The van der Waals surface area contributed by atoms with Crippen molar-refractivity contribution in [3.63, 3.8) is 0 Å². The number of ether oxygens (including phenoxy) is 2. The lowest BCUT2D eigenvalue weighted by Crippen LogP contribution is -2.06. The van der Waals surface area contributed by atoms with Gasteiger partial charge in [0.15, 0.2) is 5.43 Å². The van der Waals surface area contributed by atoms with Gasteiger partial charge in [-0.25, -0.2) is 0 Å².